The van der Waals surface area contributed by atoms with E-state index in [1.165, 1.54) is 6.33 Å². The minimum absolute atomic E-state index is 0.167. The highest BCUT2D eigenvalue weighted by molar-refractivity contribution is 6.83. The van der Waals surface area contributed by atoms with Gasteiger partial charge in [0.25, 0.3) is 5.56 Å². The Labute approximate surface area is 142 Å². The number of aromatic nitrogens is 3. The lowest BCUT2D eigenvalue weighted by Gasteiger charge is -2.28. The van der Waals surface area contributed by atoms with Crippen molar-refractivity contribution in [3.8, 4) is 11.5 Å². The molecule has 2 aromatic rings. The maximum atomic E-state index is 13.1. The zero-order valence-corrected chi connectivity index (χ0v) is 15.6. The van der Waals surface area contributed by atoms with Crippen LogP contribution < -0.4 is 5.56 Å². The lowest BCUT2D eigenvalue weighted by atomic mass is 9.99. The molecule has 0 amide bonds. The lowest BCUT2D eigenvalue weighted by Crippen LogP contribution is -2.38. The molecule has 3 rings (SSSR count). The van der Waals surface area contributed by atoms with Gasteiger partial charge in [0.2, 0.25) is 0 Å². The third kappa shape index (κ3) is 3.14. The van der Waals surface area contributed by atoms with Crippen molar-refractivity contribution in [2.45, 2.75) is 57.5 Å². The van der Waals surface area contributed by atoms with Gasteiger partial charge in [-0.2, -0.15) is 0 Å². The Kier molecular flexibility index (Phi) is 4.10. The molecule has 0 spiro atoms. The largest absolute Gasteiger partial charge is 0.388 e. The summed E-state index contributed by atoms with van der Waals surface area (Å²) in [5.41, 5.74) is 3.21. The molecule has 1 aliphatic carbocycles. The Hall–Kier alpha value is -1.97. The smallest absolute Gasteiger partial charge is 0.268 e. The molecule has 126 valence electrons. The summed E-state index contributed by atoms with van der Waals surface area (Å²) in [5, 5.41) is 11.5. The molecule has 2 aromatic heterocycles. The van der Waals surface area contributed by atoms with E-state index in [-0.39, 0.29) is 11.6 Å². The molecule has 1 N–H and O–H groups in total. The van der Waals surface area contributed by atoms with Gasteiger partial charge in [-0.3, -0.25) is 9.36 Å². The van der Waals surface area contributed by atoms with Crippen molar-refractivity contribution < 1.29 is 5.11 Å². The summed E-state index contributed by atoms with van der Waals surface area (Å²) < 4.78 is 1.64. The summed E-state index contributed by atoms with van der Waals surface area (Å²) >= 11 is 0. The van der Waals surface area contributed by atoms with Gasteiger partial charge in [-0.15, -0.1) is 5.54 Å². The van der Waals surface area contributed by atoms with Crippen LogP contribution in [0.3, 0.4) is 0 Å². The highest BCUT2D eigenvalue weighted by Gasteiger charge is 2.39. The SMILES string of the molecule is C[C@@]1(O)CCC[C@H]1n1c(=O)c(C#C[Si](C)(C)C)cc2cncnc21. The molecule has 0 unspecified atom stereocenters. The minimum Gasteiger partial charge on any atom is -0.388 e. The van der Waals surface area contributed by atoms with Crippen molar-refractivity contribution in [1.82, 2.24) is 14.5 Å². The molecular formula is C18H23N3O2Si. The van der Waals surface area contributed by atoms with E-state index in [4.69, 9.17) is 0 Å². The molecule has 5 nitrogen and oxygen atoms in total. The van der Waals surface area contributed by atoms with Crippen molar-refractivity contribution in [2.75, 3.05) is 0 Å². The number of pyridine rings is 1. The van der Waals surface area contributed by atoms with Crippen LogP contribution in [0.4, 0.5) is 0 Å². The first-order chi connectivity index (χ1) is 11.2. The summed E-state index contributed by atoms with van der Waals surface area (Å²) in [6.07, 6.45) is 5.47. The summed E-state index contributed by atoms with van der Waals surface area (Å²) in [7, 11) is -1.60. The van der Waals surface area contributed by atoms with Gasteiger partial charge in [-0.25, -0.2) is 9.97 Å². The van der Waals surface area contributed by atoms with Gasteiger partial charge in [0, 0.05) is 11.6 Å². The van der Waals surface area contributed by atoms with Crippen LogP contribution in [0.5, 0.6) is 0 Å². The summed E-state index contributed by atoms with van der Waals surface area (Å²) in [6, 6.07) is 1.49. The van der Waals surface area contributed by atoms with Gasteiger partial charge in [0.15, 0.2) is 0 Å². The molecule has 24 heavy (non-hydrogen) atoms. The molecule has 0 aromatic carbocycles. The number of nitrogens with zero attached hydrogens (tertiary/aromatic N) is 3. The van der Waals surface area contributed by atoms with E-state index in [2.05, 4.69) is 41.1 Å². The fraction of sp³-hybridized carbons (Fsp3) is 0.500. The van der Waals surface area contributed by atoms with Crippen molar-refractivity contribution >= 4 is 19.1 Å². The number of hydrogen-bond acceptors (Lipinski definition) is 4. The predicted molar refractivity (Wildman–Crippen MR) is 97.5 cm³/mol. The van der Waals surface area contributed by atoms with E-state index in [0.717, 1.165) is 18.2 Å². The summed E-state index contributed by atoms with van der Waals surface area (Å²) in [6.45, 7) is 8.23. The zero-order valence-electron chi connectivity index (χ0n) is 14.6. The van der Waals surface area contributed by atoms with E-state index < -0.39 is 13.7 Å². The van der Waals surface area contributed by atoms with Gasteiger partial charge < -0.3 is 5.11 Å². The van der Waals surface area contributed by atoms with Crippen molar-refractivity contribution in [3.63, 3.8) is 0 Å². The second-order valence-electron chi connectivity index (χ2n) is 7.80. The van der Waals surface area contributed by atoms with Crippen LogP contribution in [0, 0.1) is 11.5 Å². The van der Waals surface area contributed by atoms with Crippen LogP contribution in [0.15, 0.2) is 23.4 Å². The van der Waals surface area contributed by atoms with E-state index in [9.17, 15) is 9.90 Å². The third-order valence-corrected chi connectivity index (χ3v) is 5.33. The number of fused-ring (bicyclic) bond motifs is 1. The van der Waals surface area contributed by atoms with Crippen molar-refractivity contribution in [2.24, 2.45) is 0 Å². The lowest BCUT2D eigenvalue weighted by molar-refractivity contribution is 0.0266. The maximum absolute atomic E-state index is 13.1. The van der Waals surface area contributed by atoms with Gasteiger partial charge in [-0.05, 0) is 32.3 Å². The summed E-state index contributed by atoms with van der Waals surface area (Å²) in [4.78, 5) is 21.5. The second kappa shape index (κ2) is 5.83. The molecule has 2 atom stereocenters. The molecule has 2 heterocycles. The monoisotopic (exact) mass is 341 g/mol. The molecule has 1 saturated carbocycles. The number of rotatable bonds is 1. The number of aliphatic hydroxyl groups is 1. The van der Waals surface area contributed by atoms with Crippen molar-refractivity contribution in [3.05, 3.63) is 34.5 Å². The van der Waals surface area contributed by atoms with Gasteiger partial charge in [0.1, 0.15) is 20.0 Å². The summed E-state index contributed by atoms with van der Waals surface area (Å²) in [5.74, 6) is 3.08. The van der Waals surface area contributed by atoms with Crippen LogP contribution in [-0.4, -0.2) is 33.3 Å². The Bertz CT molecular complexity index is 900. The first-order valence-corrected chi connectivity index (χ1v) is 11.8. The van der Waals surface area contributed by atoms with Gasteiger partial charge in [-0.1, -0.05) is 25.6 Å². The molecule has 0 saturated heterocycles. The Balaban J connectivity index is 2.28. The fourth-order valence-corrected chi connectivity index (χ4v) is 3.76. The quantitative estimate of drug-likeness (QED) is 0.639. The van der Waals surface area contributed by atoms with Crippen LogP contribution in [0.1, 0.15) is 37.8 Å². The molecule has 1 aliphatic rings. The van der Waals surface area contributed by atoms with E-state index in [1.54, 1.807) is 23.8 Å². The highest BCUT2D eigenvalue weighted by atomic mass is 28.3. The average Bonchev–Trinajstić information content (AvgIpc) is 2.83. The zero-order chi connectivity index (χ0) is 17.5. The standard InChI is InChI=1S/C18H23N3O2Si/c1-18(23)8-5-6-15(18)21-16-14(11-19-12-20-16)10-13(17(21)22)7-9-24(2,3)4/h10-12,15,23H,5-6,8H2,1-4H3/t15-,18-/m1/s1. The van der Waals surface area contributed by atoms with Crippen LogP contribution >= 0.6 is 0 Å². The Morgan fingerprint density at radius 1 is 1.42 bits per heavy atom. The predicted octanol–water partition coefficient (Wildman–Crippen LogP) is 2.50. The van der Waals surface area contributed by atoms with Gasteiger partial charge in [0.05, 0.1) is 17.2 Å². The fourth-order valence-electron chi connectivity index (χ4n) is 3.25. The normalized spacial score (nSPS) is 24.0. The molecule has 1 fully saturated rings. The van der Waals surface area contributed by atoms with E-state index in [1.807, 2.05) is 0 Å². The first-order valence-electron chi connectivity index (χ1n) is 8.30. The Morgan fingerprint density at radius 2 is 2.17 bits per heavy atom. The topological polar surface area (TPSA) is 68.0 Å². The third-order valence-electron chi connectivity index (χ3n) is 4.46. The van der Waals surface area contributed by atoms with Crippen LogP contribution in [0.25, 0.3) is 11.0 Å². The number of hydrogen-bond donors (Lipinski definition) is 1. The minimum atomic E-state index is -1.60. The molecular weight excluding hydrogens is 318 g/mol. The Morgan fingerprint density at radius 3 is 2.79 bits per heavy atom. The molecule has 0 radical (unpaired) electrons. The van der Waals surface area contributed by atoms with Crippen LogP contribution in [0.2, 0.25) is 19.6 Å². The van der Waals surface area contributed by atoms with E-state index in [0.29, 0.717) is 17.6 Å². The van der Waals surface area contributed by atoms with Gasteiger partial charge >= 0.3 is 0 Å². The molecule has 0 bridgehead atoms. The highest BCUT2D eigenvalue weighted by Crippen LogP contribution is 2.39. The van der Waals surface area contributed by atoms with Crippen molar-refractivity contribution in [1.29, 1.82) is 0 Å². The van der Waals surface area contributed by atoms with E-state index >= 15 is 0 Å². The maximum Gasteiger partial charge on any atom is 0.268 e. The molecule has 0 aliphatic heterocycles. The first kappa shape index (κ1) is 16.9. The average molecular weight is 341 g/mol. The van der Waals surface area contributed by atoms with Crippen LogP contribution in [-0.2, 0) is 0 Å². The second-order valence-corrected chi connectivity index (χ2v) is 12.6. The molecule has 6 heteroatoms.